The Balaban J connectivity index is 1.82. The van der Waals surface area contributed by atoms with Gasteiger partial charge in [-0.3, -0.25) is 0 Å². The van der Waals surface area contributed by atoms with Crippen molar-refractivity contribution in [3.05, 3.63) is 101 Å². The number of aryl methyl sites for hydroxylation is 1. The predicted molar refractivity (Wildman–Crippen MR) is 143 cm³/mol. The Morgan fingerprint density at radius 1 is 0.730 bits per heavy atom. The third-order valence-electron chi connectivity index (χ3n) is 6.94. The first-order chi connectivity index (χ1) is 17.9. The average Bonchev–Trinajstić information content (AvgIpc) is 2.96. The van der Waals surface area contributed by atoms with Crippen LogP contribution >= 0.6 is 0 Å². The van der Waals surface area contributed by atoms with Crippen molar-refractivity contribution in [1.82, 2.24) is 0 Å². The van der Waals surface area contributed by atoms with Gasteiger partial charge in [-0.05, 0) is 66.4 Å². The van der Waals surface area contributed by atoms with E-state index in [-0.39, 0.29) is 0 Å². The van der Waals surface area contributed by atoms with E-state index < -0.39 is 11.6 Å². The van der Waals surface area contributed by atoms with Crippen molar-refractivity contribution in [3.63, 3.8) is 0 Å². The second kappa shape index (κ2) is 9.54. The maximum Gasteiger partial charge on any atom is 0.338 e. The zero-order valence-electron chi connectivity index (χ0n) is 21.5. The standard InChI is InChI=1S/C31H28O6/c1-19-25-15-14-24(35-4)18-27(25)29-26(28(19)30(32)36-5)16-17-31(37-29,20-6-10-22(33-2)11-7-20)21-8-12-23(34-3)13-9-21/h6-18H,1-5H3. The summed E-state index contributed by atoms with van der Waals surface area (Å²) in [5, 5.41) is 1.73. The highest BCUT2D eigenvalue weighted by molar-refractivity contribution is 6.06. The molecule has 188 valence electrons. The van der Waals surface area contributed by atoms with E-state index in [1.807, 2.05) is 85.8 Å². The molecule has 0 radical (unpaired) electrons. The van der Waals surface area contributed by atoms with Crippen molar-refractivity contribution in [1.29, 1.82) is 0 Å². The van der Waals surface area contributed by atoms with Crippen LogP contribution in [-0.4, -0.2) is 34.4 Å². The van der Waals surface area contributed by atoms with Gasteiger partial charge >= 0.3 is 5.97 Å². The number of ether oxygens (including phenoxy) is 5. The summed E-state index contributed by atoms with van der Waals surface area (Å²) >= 11 is 0. The molecule has 37 heavy (non-hydrogen) atoms. The number of hydrogen-bond acceptors (Lipinski definition) is 6. The highest BCUT2D eigenvalue weighted by Crippen LogP contribution is 2.48. The Morgan fingerprint density at radius 3 is 1.78 bits per heavy atom. The van der Waals surface area contributed by atoms with Crippen LogP contribution in [0.4, 0.5) is 0 Å². The molecule has 0 aromatic heterocycles. The number of carbonyl (C=O) groups excluding carboxylic acids is 1. The second-order valence-electron chi connectivity index (χ2n) is 8.77. The van der Waals surface area contributed by atoms with E-state index in [9.17, 15) is 4.79 Å². The van der Waals surface area contributed by atoms with E-state index in [0.29, 0.717) is 22.6 Å². The number of esters is 1. The molecule has 5 rings (SSSR count). The fraction of sp³-hybridized carbons (Fsp3) is 0.194. The van der Waals surface area contributed by atoms with E-state index in [2.05, 4.69) is 0 Å². The monoisotopic (exact) mass is 496 g/mol. The third-order valence-corrected chi connectivity index (χ3v) is 6.94. The molecule has 4 aromatic rings. The van der Waals surface area contributed by atoms with Crippen LogP contribution in [0.2, 0.25) is 0 Å². The van der Waals surface area contributed by atoms with Crippen LogP contribution in [0.15, 0.2) is 72.8 Å². The Morgan fingerprint density at radius 2 is 1.27 bits per heavy atom. The van der Waals surface area contributed by atoms with Crippen molar-refractivity contribution in [2.24, 2.45) is 0 Å². The SMILES string of the molecule is COC(=O)c1c2c(c3cc(OC)ccc3c1C)OC(c1ccc(OC)cc1)(c1ccc(OC)cc1)C=C2. The zero-order chi connectivity index (χ0) is 26.2. The topological polar surface area (TPSA) is 63.2 Å². The summed E-state index contributed by atoms with van der Waals surface area (Å²) in [5.74, 6) is 2.34. The van der Waals surface area contributed by atoms with Crippen LogP contribution in [0.3, 0.4) is 0 Å². The third kappa shape index (κ3) is 3.95. The summed E-state index contributed by atoms with van der Waals surface area (Å²) in [6, 6.07) is 21.3. The Bertz CT molecular complexity index is 1450. The van der Waals surface area contributed by atoms with Crippen LogP contribution in [0, 0.1) is 6.92 Å². The van der Waals surface area contributed by atoms with E-state index in [1.54, 1.807) is 21.3 Å². The minimum atomic E-state index is -0.982. The van der Waals surface area contributed by atoms with E-state index >= 15 is 0 Å². The summed E-state index contributed by atoms with van der Waals surface area (Å²) in [5.41, 5.74) is 2.78. The molecule has 1 aliphatic heterocycles. The molecule has 0 bridgehead atoms. The van der Waals surface area contributed by atoms with Gasteiger partial charge in [-0.15, -0.1) is 0 Å². The lowest BCUT2D eigenvalue weighted by molar-refractivity contribution is 0.0598. The summed E-state index contributed by atoms with van der Waals surface area (Å²) in [6.45, 7) is 1.92. The van der Waals surface area contributed by atoms with Crippen LogP contribution in [0.5, 0.6) is 23.0 Å². The number of fused-ring (bicyclic) bond motifs is 3. The molecule has 0 saturated carbocycles. The van der Waals surface area contributed by atoms with E-state index in [1.165, 1.54) is 7.11 Å². The second-order valence-corrected chi connectivity index (χ2v) is 8.77. The van der Waals surface area contributed by atoms with E-state index in [0.717, 1.165) is 39.0 Å². The highest BCUT2D eigenvalue weighted by atomic mass is 16.5. The molecule has 4 aromatic carbocycles. The van der Waals surface area contributed by atoms with Gasteiger partial charge in [0.15, 0.2) is 5.60 Å². The fourth-order valence-corrected chi connectivity index (χ4v) is 4.94. The molecule has 6 heteroatoms. The molecule has 0 amide bonds. The summed E-state index contributed by atoms with van der Waals surface area (Å²) in [4.78, 5) is 13.0. The normalized spacial score (nSPS) is 13.4. The molecule has 0 atom stereocenters. The van der Waals surface area contributed by atoms with Gasteiger partial charge in [-0.2, -0.15) is 0 Å². The van der Waals surface area contributed by atoms with Gasteiger partial charge in [0.05, 0.1) is 34.0 Å². The highest BCUT2D eigenvalue weighted by Gasteiger charge is 2.39. The van der Waals surface area contributed by atoms with Gasteiger partial charge in [0.25, 0.3) is 0 Å². The average molecular weight is 497 g/mol. The van der Waals surface area contributed by atoms with Crippen molar-refractivity contribution in [3.8, 4) is 23.0 Å². The zero-order valence-corrected chi connectivity index (χ0v) is 21.5. The van der Waals surface area contributed by atoms with Gasteiger partial charge in [-0.25, -0.2) is 4.79 Å². The maximum atomic E-state index is 13.0. The van der Waals surface area contributed by atoms with Crippen LogP contribution in [0.25, 0.3) is 16.8 Å². The van der Waals surface area contributed by atoms with Crippen molar-refractivity contribution >= 4 is 22.8 Å². The number of methoxy groups -OCH3 is 4. The number of rotatable bonds is 6. The first kappa shape index (κ1) is 24.3. The van der Waals surface area contributed by atoms with Gasteiger partial charge in [0.1, 0.15) is 23.0 Å². The van der Waals surface area contributed by atoms with Gasteiger partial charge in [0, 0.05) is 22.1 Å². The maximum absolute atomic E-state index is 13.0. The molecule has 1 aliphatic rings. The minimum Gasteiger partial charge on any atom is -0.497 e. The molecule has 0 saturated heterocycles. The van der Waals surface area contributed by atoms with Gasteiger partial charge in [0.2, 0.25) is 0 Å². The molecule has 1 heterocycles. The molecule has 0 unspecified atom stereocenters. The largest absolute Gasteiger partial charge is 0.497 e. The van der Waals surface area contributed by atoms with E-state index in [4.69, 9.17) is 23.7 Å². The van der Waals surface area contributed by atoms with Crippen molar-refractivity contribution < 1.29 is 28.5 Å². The van der Waals surface area contributed by atoms with Gasteiger partial charge in [-0.1, -0.05) is 30.3 Å². The predicted octanol–water partition coefficient (Wildman–Crippen LogP) is 6.31. The molecule has 0 N–H and O–H groups in total. The number of carbonyl (C=O) groups is 1. The summed E-state index contributed by atoms with van der Waals surface area (Å²) in [6.07, 6.45) is 3.93. The van der Waals surface area contributed by atoms with Crippen LogP contribution in [0.1, 0.15) is 32.6 Å². The van der Waals surface area contributed by atoms with Crippen molar-refractivity contribution in [2.75, 3.05) is 28.4 Å². The summed E-state index contributed by atoms with van der Waals surface area (Å²) < 4.78 is 28.5. The summed E-state index contributed by atoms with van der Waals surface area (Å²) in [7, 11) is 6.29. The van der Waals surface area contributed by atoms with Crippen LogP contribution < -0.4 is 18.9 Å². The lowest BCUT2D eigenvalue weighted by Gasteiger charge is -2.37. The Kier molecular flexibility index (Phi) is 6.25. The first-order valence-electron chi connectivity index (χ1n) is 11.9. The minimum absolute atomic E-state index is 0.416. The molecule has 0 aliphatic carbocycles. The molecular weight excluding hydrogens is 468 g/mol. The quantitative estimate of drug-likeness (QED) is 0.292. The molecule has 0 fully saturated rings. The Hall–Kier alpha value is -4.45. The fourth-order valence-electron chi connectivity index (χ4n) is 4.94. The lowest BCUT2D eigenvalue weighted by atomic mass is 9.82. The molecular formula is C31H28O6. The lowest BCUT2D eigenvalue weighted by Crippen LogP contribution is -2.34. The number of hydrogen-bond donors (Lipinski definition) is 0. The Labute approximate surface area is 216 Å². The van der Waals surface area contributed by atoms with Crippen LogP contribution in [-0.2, 0) is 10.3 Å². The molecule has 6 nitrogen and oxygen atoms in total. The molecule has 0 spiro atoms. The van der Waals surface area contributed by atoms with Gasteiger partial charge < -0.3 is 23.7 Å². The first-order valence-corrected chi connectivity index (χ1v) is 11.9. The number of benzene rings is 4. The smallest absolute Gasteiger partial charge is 0.338 e. The van der Waals surface area contributed by atoms with Crippen molar-refractivity contribution in [2.45, 2.75) is 12.5 Å².